The summed E-state index contributed by atoms with van der Waals surface area (Å²) < 4.78 is 0. The van der Waals surface area contributed by atoms with Crippen LogP contribution in [0.1, 0.15) is 47.9 Å². The Bertz CT molecular complexity index is 2820. The molecule has 0 radical (unpaired) electrons. The molecule has 8 aromatic carbocycles. The van der Waals surface area contributed by atoms with E-state index in [4.69, 9.17) is 0 Å². The zero-order valence-electron chi connectivity index (χ0n) is 28.8. The summed E-state index contributed by atoms with van der Waals surface area (Å²) in [4.78, 5) is 0. The molecule has 240 valence electrons. The number of benzene rings is 8. The van der Waals surface area contributed by atoms with E-state index in [-0.39, 0.29) is 5.41 Å². The molecule has 0 aromatic heterocycles. The Labute approximate surface area is 299 Å². The van der Waals surface area contributed by atoms with Gasteiger partial charge in [-0.2, -0.15) is 0 Å². The van der Waals surface area contributed by atoms with E-state index < -0.39 is 0 Å². The van der Waals surface area contributed by atoms with Gasteiger partial charge in [0, 0.05) is 17.3 Å². The van der Waals surface area contributed by atoms with Gasteiger partial charge in [-0.15, -0.1) is 0 Å². The molecule has 2 unspecified atom stereocenters. The SMILES string of the molecule is CC1(C)c2ccccc2-c2ccc(-c3ccc4ccc(-c5ccc(-c6ccc7c8c(cccc68)C6C=CC=CC76)c6ccccc56)cc4c3)cc21. The number of fused-ring (bicyclic) bond motifs is 8. The summed E-state index contributed by atoms with van der Waals surface area (Å²) in [6.07, 6.45) is 9.17. The Morgan fingerprint density at radius 2 is 0.961 bits per heavy atom. The molecular formula is C51H36. The third kappa shape index (κ3) is 4.08. The van der Waals surface area contributed by atoms with Crippen molar-refractivity contribution < 1.29 is 0 Å². The molecule has 3 aliphatic carbocycles. The van der Waals surface area contributed by atoms with Gasteiger partial charge in [0.25, 0.3) is 0 Å². The third-order valence-electron chi connectivity index (χ3n) is 12.2. The van der Waals surface area contributed by atoms with E-state index in [1.54, 1.807) is 0 Å². The van der Waals surface area contributed by atoms with Crippen LogP contribution in [0.15, 0.2) is 170 Å². The fraction of sp³-hybridized carbons (Fsp3) is 0.0980. The predicted molar refractivity (Wildman–Crippen MR) is 217 cm³/mol. The molecule has 11 rings (SSSR count). The smallest absolute Gasteiger partial charge is 0.0159 e. The first-order chi connectivity index (χ1) is 25.0. The van der Waals surface area contributed by atoms with Crippen molar-refractivity contribution in [3.63, 3.8) is 0 Å². The summed E-state index contributed by atoms with van der Waals surface area (Å²) >= 11 is 0. The van der Waals surface area contributed by atoms with Gasteiger partial charge in [0.2, 0.25) is 0 Å². The van der Waals surface area contributed by atoms with Crippen LogP contribution in [0.5, 0.6) is 0 Å². The summed E-state index contributed by atoms with van der Waals surface area (Å²) in [6, 6.07) is 55.2. The summed E-state index contributed by atoms with van der Waals surface area (Å²) in [5.41, 5.74) is 16.1. The van der Waals surface area contributed by atoms with Gasteiger partial charge in [0.15, 0.2) is 0 Å². The highest BCUT2D eigenvalue weighted by atomic mass is 14.4. The van der Waals surface area contributed by atoms with Crippen LogP contribution in [-0.2, 0) is 5.41 Å². The van der Waals surface area contributed by atoms with E-state index in [1.807, 2.05) is 0 Å². The normalized spacial score (nSPS) is 17.6. The lowest BCUT2D eigenvalue weighted by atomic mass is 9.81. The van der Waals surface area contributed by atoms with Crippen LogP contribution in [-0.4, -0.2) is 0 Å². The molecular weight excluding hydrogens is 613 g/mol. The van der Waals surface area contributed by atoms with E-state index in [2.05, 4.69) is 184 Å². The molecule has 2 atom stereocenters. The molecule has 0 bridgehead atoms. The van der Waals surface area contributed by atoms with Crippen LogP contribution in [0.2, 0.25) is 0 Å². The molecule has 8 aromatic rings. The second kappa shape index (κ2) is 10.5. The third-order valence-corrected chi connectivity index (χ3v) is 12.2. The van der Waals surface area contributed by atoms with Crippen molar-refractivity contribution >= 4 is 32.3 Å². The average Bonchev–Trinajstić information content (AvgIpc) is 3.63. The molecule has 0 amide bonds. The first-order valence-electron chi connectivity index (χ1n) is 18.3. The Balaban J connectivity index is 1.02. The summed E-state index contributed by atoms with van der Waals surface area (Å²) in [6.45, 7) is 4.71. The number of hydrogen-bond donors (Lipinski definition) is 0. The molecule has 0 saturated carbocycles. The first kappa shape index (κ1) is 28.8. The molecule has 0 heterocycles. The van der Waals surface area contributed by atoms with E-state index in [0.29, 0.717) is 11.8 Å². The van der Waals surface area contributed by atoms with Crippen molar-refractivity contribution in [1.82, 2.24) is 0 Å². The van der Waals surface area contributed by atoms with Crippen LogP contribution in [0.3, 0.4) is 0 Å². The van der Waals surface area contributed by atoms with Gasteiger partial charge in [-0.1, -0.05) is 166 Å². The van der Waals surface area contributed by atoms with E-state index in [0.717, 1.165) is 0 Å². The minimum atomic E-state index is -0.0148. The molecule has 0 saturated heterocycles. The van der Waals surface area contributed by atoms with Crippen molar-refractivity contribution in [2.75, 3.05) is 0 Å². The summed E-state index contributed by atoms with van der Waals surface area (Å²) in [7, 11) is 0. The van der Waals surface area contributed by atoms with Crippen molar-refractivity contribution in [1.29, 1.82) is 0 Å². The fourth-order valence-electron chi connectivity index (χ4n) is 9.72. The number of rotatable bonds is 3. The molecule has 0 heteroatoms. The van der Waals surface area contributed by atoms with E-state index in [9.17, 15) is 0 Å². The Morgan fingerprint density at radius 3 is 1.80 bits per heavy atom. The molecule has 0 spiro atoms. The lowest BCUT2D eigenvalue weighted by Gasteiger charge is -2.22. The highest BCUT2D eigenvalue weighted by molar-refractivity contribution is 6.11. The quantitative estimate of drug-likeness (QED) is 0.179. The van der Waals surface area contributed by atoms with Gasteiger partial charge < -0.3 is 0 Å². The van der Waals surface area contributed by atoms with Crippen LogP contribution < -0.4 is 0 Å². The van der Waals surface area contributed by atoms with Gasteiger partial charge in [-0.05, 0) is 117 Å². The Kier molecular flexibility index (Phi) is 5.94. The van der Waals surface area contributed by atoms with Crippen molar-refractivity contribution in [2.24, 2.45) is 0 Å². The topological polar surface area (TPSA) is 0 Å². The van der Waals surface area contributed by atoms with Crippen LogP contribution in [0.25, 0.3) is 76.8 Å². The standard InChI is InChI=1S/C51H36/c1-51(2)48-17-8-7-14-43(48)44-23-22-33(30-49(44)51)32-20-18-31-19-21-34(29-35(31)28-32)36-24-25-41(38-11-4-3-10-37(36)38)42-26-27-47-40-13-6-5-12-39(40)45-15-9-16-46(42)50(45)47/h3-30,39-40H,1-2H3. The van der Waals surface area contributed by atoms with Crippen LogP contribution in [0.4, 0.5) is 0 Å². The van der Waals surface area contributed by atoms with E-state index >= 15 is 0 Å². The zero-order chi connectivity index (χ0) is 33.8. The number of allylic oxidation sites excluding steroid dienone is 4. The molecule has 0 fully saturated rings. The second-order valence-electron chi connectivity index (χ2n) is 15.2. The largest absolute Gasteiger partial charge is 0.0761 e. The van der Waals surface area contributed by atoms with E-state index in [1.165, 1.54) is 99.1 Å². The first-order valence-corrected chi connectivity index (χ1v) is 18.3. The second-order valence-corrected chi connectivity index (χ2v) is 15.2. The van der Waals surface area contributed by atoms with Gasteiger partial charge >= 0.3 is 0 Å². The Hall–Kier alpha value is -5.98. The van der Waals surface area contributed by atoms with Crippen LogP contribution in [0, 0.1) is 0 Å². The maximum atomic E-state index is 2.42. The lowest BCUT2D eigenvalue weighted by molar-refractivity contribution is 0.660. The average molecular weight is 649 g/mol. The minimum Gasteiger partial charge on any atom is -0.0761 e. The van der Waals surface area contributed by atoms with Gasteiger partial charge in [-0.3, -0.25) is 0 Å². The van der Waals surface area contributed by atoms with Gasteiger partial charge in [-0.25, -0.2) is 0 Å². The highest BCUT2D eigenvalue weighted by Crippen LogP contribution is 2.52. The van der Waals surface area contributed by atoms with Crippen molar-refractivity contribution in [3.05, 3.63) is 192 Å². The molecule has 3 aliphatic rings. The Morgan fingerprint density at radius 1 is 0.392 bits per heavy atom. The maximum absolute atomic E-state index is 2.42. The monoisotopic (exact) mass is 648 g/mol. The van der Waals surface area contributed by atoms with Gasteiger partial charge in [0.05, 0.1) is 0 Å². The number of hydrogen-bond acceptors (Lipinski definition) is 0. The fourth-order valence-corrected chi connectivity index (χ4v) is 9.72. The van der Waals surface area contributed by atoms with Crippen molar-refractivity contribution in [3.8, 4) is 44.5 Å². The highest BCUT2D eigenvalue weighted by Gasteiger charge is 2.35. The van der Waals surface area contributed by atoms with Gasteiger partial charge in [0.1, 0.15) is 0 Å². The van der Waals surface area contributed by atoms with Crippen LogP contribution >= 0.6 is 0 Å². The minimum absolute atomic E-state index is 0.0148. The predicted octanol–water partition coefficient (Wildman–Crippen LogP) is 13.8. The van der Waals surface area contributed by atoms with Crippen molar-refractivity contribution in [2.45, 2.75) is 31.1 Å². The summed E-state index contributed by atoms with van der Waals surface area (Å²) in [5.74, 6) is 0.867. The maximum Gasteiger partial charge on any atom is 0.0159 e. The molecule has 0 nitrogen and oxygen atoms in total. The lowest BCUT2D eigenvalue weighted by Crippen LogP contribution is -2.14. The molecule has 0 N–H and O–H groups in total. The molecule has 51 heavy (non-hydrogen) atoms. The summed E-state index contributed by atoms with van der Waals surface area (Å²) in [5, 5.41) is 7.90. The zero-order valence-corrected chi connectivity index (χ0v) is 28.8. The molecule has 0 aliphatic heterocycles.